The number of imidazole rings is 1. The Kier molecular flexibility index (Phi) is 8.92. The summed E-state index contributed by atoms with van der Waals surface area (Å²) in [7, 11) is 5.81. The van der Waals surface area contributed by atoms with E-state index in [1.54, 1.807) is 7.11 Å². The maximum atomic E-state index is 12.2. The molecule has 0 spiro atoms. The topological polar surface area (TPSA) is 68.6 Å². The van der Waals surface area contributed by atoms with Crippen molar-refractivity contribution in [1.82, 2.24) is 19.8 Å². The number of amides is 1. The number of aryl methyl sites for hydroxylation is 1. The SMILES string of the molecule is COc1ccc(OCCCC(=O)NCCc2nc3ccccc3n2CCCN(C)C)cc1. The standard InChI is InChI=1S/C25H34N4O3/c1-28(2)17-7-18-29-23-9-5-4-8-22(23)27-24(29)15-16-26-25(30)10-6-19-32-21-13-11-20(31-3)12-14-21/h4-5,8-9,11-14H,6-7,10,15-19H2,1-3H3,(H,26,30). The van der Waals surface area contributed by atoms with E-state index in [9.17, 15) is 4.79 Å². The molecule has 1 amide bonds. The number of nitrogens with zero attached hydrogens (tertiary/aromatic N) is 3. The van der Waals surface area contributed by atoms with Crippen LogP contribution in [0.4, 0.5) is 0 Å². The summed E-state index contributed by atoms with van der Waals surface area (Å²) in [4.78, 5) is 19.2. The van der Waals surface area contributed by atoms with E-state index in [0.29, 0.717) is 32.4 Å². The quantitative estimate of drug-likeness (QED) is 0.414. The van der Waals surface area contributed by atoms with Gasteiger partial charge in [0.25, 0.3) is 0 Å². The van der Waals surface area contributed by atoms with Crippen LogP contribution in [0, 0.1) is 0 Å². The summed E-state index contributed by atoms with van der Waals surface area (Å²) in [6.45, 7) is 3.03. The fourth-order valence-electron chi connectivity index (χ4n) is 3.61. The molecule has 0 atom stereocenters. The molecule has 0 saturated heterocycles. The summed E-state index contributed by atoms with van der Waals surface area (Å²) in [6.07, 6.45) is 2.88. The Bertz CT molecular complexity index is 983. The van der Waals surface area contributed by atoms with Gasteiger partial charge in [-0.2, -0.15) is 0 Å². The molecule has 1 N–H and O–H groups in total. The van der Waals surface area contributed by atoms with Crippen molar-refractivity contribution in [3.63, 3.8) is 0 Å². The lowest BCUT2D eigenvalue weighted by atomic mass is 10.3. The second kappa shape index (κ2) is 12.1. The number of benzene rings is 2. The third-order valence-corrected chi connectivity index (χ3v) is 5.27. The van der Waals surface area contributed by atoms with Crippen molar-refractivity contribution in [3.8, 4) is 11.5 Å². The van der Waals surface area contributed by atoms with Crippen LogP contribution in [0.3, 0.4) is 0 Å². The van der Waals surface area contributed by atoms with Crippen molar-refractivity contribution in [2.75, 3.05) is 40.9 Å². The van der Waals surface area contributed by atoms with E-state index < -0.39 is 0 Å². The van der Waals surface area contributed by atoms with E-state index in [1.807, 2.05) is 42.5 Å². The van der Waals surface area contributed by atoms with E-state index in [1.165, 1.54) is 0 Å². The molecule has 0 aliphatic heterocycles. The Hall–Kier alpha value is -3.06. The van der Waals surface area contributed by atoms with Crippen LogP contribution >= 0.6 is 0 Å². The van der Waals surface area contributed by atoms with Crippen LogP contribution in [0.1, 0.15) is 25.1 Å². The highest BCUT2D eigenvalue weighted by molar-refractivity contribution is 5.76. The van der Waals surface area contributed by atoms with E-state index >= 15 is 0 Å². The van der Waals surface area contributed by atoms with Gasteiger partial charge >= 0.3 is 0 Å². The van der Waals surface area contributed by atoms with Gasteiger partial charge in [0.15, 0.2) is 0 Å². The van der Waals surface area contributed by atoms with Crippen molar-refractivity contribution in [2.45, 2.75) is 32.2 Å². The monoisotopic (exact) mass is 438 g/mol. The highest BCUT2D eigenvalue weighted by atomic mass is 16.5. The maximum absolute atomic E-state index is 12.2. The van der Waals surface area contributed by atoms with Crippen LogP contribution in [-0.2, 0) is 17.8 Å². The van der Waals surface area contributed by atoms with Crippen LogP contribution in [0.2, 0.25) is 0 Å². The molecule has 0 unspecified atom stereocenters. The number of aromatic nitrogens is 2. The second-order valence-corrected chi connectivity index (χ2v) is 8.05. The molecule has 0 bridgehead atoms. The van der Waals surface area contributed by atoms with E-state index in [0.717, 1.165) is 47.9 Å². The first kappa shape index (κ1) is 23.6. The molecule has 7 heteroatoms. The highest BCUT2D eigenvalue weighted by Gasteiger charge is 2.11. The van der Waals surface area contributed by atoms with Crippen LogP contribution < -0.4 is 14.8 Å². The summed E-state index contributed by atoms with van der Waals surface area (Å²) in [5, 5.41) is 3.02. The average molecular weight is 439 g/mol. The zero-order valence-electron chi connectivity index (χ0n) is 19.3. The third kappa shape index (κ3) is 6.99. The van der Waals surface area contributed by atoms with Crippen molar-refractivity contribution >= 4 is 16.9 Å². The van der Waals surface area contributed by atoms with Gasteiger partial charge < -0.3 is 24.3 Å². The first-order chi connectivity index (χ1) is 15.6. The molecule has 0 fully saturated rings. The van der Waals surface area contributed by atoms with Gasteiger partial charge in [0.2, 0.25) is 5.91 Å². The summed E-state index contributed by atoms with van der Waals surface area (Å²) in [5.74, 6) is 2.63. The summed E-state index contributed by atoms with van der Waals surface area (Å²) in [6, 6.07) is 15.7. The number of hydrogen-bond acceptors (Lipinski definition) is 5. The van der Waals surface area contributed by atoms with Crippen LogP contribution in [0.25, 0.3) is 11.0 Å². The minimum absolute atomic E-state index is 0.0404. The molecule has 0 radical (unpaired) electrons. The lowest BCUT2D eigenvalue weighted by Gasteiger charge is -2.13. The Morgan fingerprint density at radius 1 is 1.06 bits per heavy atom. The zero-order valence-corrected chi connectivity index (χ0v) is 19.3. The average Bonchev–Trinajstić information content (AvgIpc) is 3.14. The molecular formula is C25H34N4O3. The molecule has 172 valence electrons. The van der Waals surface area contributed by atoms with Gasteiger partial charge in [-0.15, -0.1) is 0 Å². The van der Waals surface area contributed by atoms with Gasteiger partial charge in [-0.25, -0.2) is 4.98 Å². The van der Waals surface area contributed by atoms with E-state index in [2.05, 4.69) is 34.9 Å². The fourth-order valence-corrected chi connectivity index (χ4v) is 3.61. The molecule has 0 aliphatic carbocycles. The van der Waals surface area contributed by atoms with Crippen LogP contribution in [0.5, 0.6) is 11.5 Å². The van der Waals surface area contributed by atoms with Gasteiger partial charge in [0, 0.05) is 25.9 Å². The molecule has 1 aromatic heterocycles. The fraction of sp³-hybridized carbons (Fsp3) is 0.440. The predicted octanol–water partition coefficient (Wildman–Crippen LogP) is 3.51. The van der Waals surface area contributed by atoms with Crippen LogP contribution in [-0.4, -0.2) is 61.3 Å². The smallest absolute Gasteiger partial charge is 0.220 e. The van der Waals surface area contributed by atoms with E-state index in [-0.39, 0.29) is 5.91 Å². The summed E-state index contributed by atoms with van der Waals surface area (Å²) < 4.78 is 13.1. The number of rotatable bonds is 13. The predicted molar refractivity (Wildman–Crippen MR) is 127 cm³/mol. The molecule has 32 heavy (non-hydrogen) atoms. The molecule has 3 aromatic rings. The molecule has 1 heterocycles. The van der Waals surface area contributed by atoms with Gasteiger partial charge in [-0.05, 0) is 69.9 Å². The number of carbonyl (C=O) groups excluding carboxylic acids is 1. The number of fused-ring (bicyclic) bond motifs is 1. The van der Waals surface area contributed by atoms with Gasteiger partial charge in [0.1, 0.15) is 17.3 Å². The minimum atomic E-state index is 0.0404. The summed E-state index contributed by atoms with van der Waals surface area (Å²) >= 11 is 0. The molecule has 0 aliphatic rings. The Labute approximate surface area is 190 Å². The number of carbonyl (C=O) groups is 1. The molecule has 3 rings (SSSR count). The Morgan fingerprint density at radius 2 is 1.81 bits per heavy atom. The molecule has 0 saturated carbocycles. The van der Waals surface area contributed by atoms with Crippen molar-refractivity contribution in [3.05, 3.63) is 54.4 Å². The van der Waals surface area contributed by atoms with Crippen LogP contribution in [0.15, 0.2) is 48.5 Å². The lowest BCUT2D eigenvalue weighted by molar-refractivity contribution is -0.121. The van der Waals surface area contributed by atoms with Gasteiger partial charge in [-0.3, -0.25) is 4.79 Å². The number of para-hydroxylation sites is 2. The first-order valence-electron chi connectivity index (χ1n) is 11.2. The lowest BCUT2D eigenvalue weighted by Crippen LogP contribution is -2.26. The maximum Gasteiger partial charge on any atom is 0.220 e. The molecule has 2 aromatic carbocycles. The Balaban J connectivity index is 1.42. The normalized spacial score (nSPS) is 11.1. The minimum Gasteiger partial charge on any atom is -0.497 e. The molecular weight excluding hydrogens is 404 g/mol. The highest BCUT2D eigenvalue weighted by Crippen LogP contribution is 2.18. The third-order valence-electron chi connectivity index (χ3n) is 5.27. The number of ether oxygens (including phenoxy) is 2. The largest absolute Gasteiger partial charge is 0.497 e. The first-order valence-corrected chi connectivity index (χ1v) is 11.2. The van der Waals surface area contributed by atoms with E-state index in [4.69, 9.17) is 14.5 Å². The number of hydrogen-bond donors (Lipinski definition) is 1. The number of nitrogens with one attached hydrogen (secondary N) is 1. The Morgan fingerprint density at radius 3 is 2.56 bits per heavy atom. The zero-order chi connectivity index (χ0) is 22.8. The molecule has 7 nitrogen and oxygen atoms in total. The number of methoxy groups -OCH3 is 1. The van der Waals surface area contributed by atoms with Gasteiger partial charge in [-0.1, -0.05) is 12.1 Å². The second-order valence-electron chi connectivity index (χ2n) is 8.05. The van der Waals surface area contributed by atoms with Crippen molar-refractivity contribution < 1.29 is 14.3 Å². The van der Waals surface area contributed by atoms with Crippen molar-refractivity contribution in [1.29, 1.82) is 0 Å². The van der Waals surface area contributed by atoms with Gasteiger partial charge in [0.05, 0.1) is 24.8 Å². The van der Waals surface area contributed by atoms with Crippen molar-refractivity contribution in [2.24, 2.45) is 0 Å². The summed E-state index contributed by atoms with van der Waals surface area (Å²) in [5.41, 5.74) is 2.16.